The van der Waals surface area contributed by atoms with Gasteiger partial charge in [0, 0.05) is 24.3 Å². The van der Waals surface area contributed by atoms with Crippen LogP contribution in [0.1, 0.15) is 11.4 Å². The lowest BCUT2D eigenvalue weighted by atomic mass is 10.1. The van der Waals surface area contributed by atoms with Gasteiger partial charge in [-0.2, -0.15) is 0 Å². The lowest BCUT2D eigenvalue weighted by Crippen LogP contribution is -2.48. The van der Waals surface area contributed by atoms with Crippen molar-refractivity contribution in [1.82, 2.24) is 14.5 Å². The van der Waals surface area contributed by atoms with Crippen LogP contribution in [0.2, 0.25) is 0 Å². The molecular weight excluding hydrogens is 385 g/mol. The Labute approximate surface area is 174 Å². The third-order valence-corrected chi connectivity index (χ3v) is 5.23. The number of benzene rings is 2. The van der Waals surface area contributed by atoms with Gasteiger partial charge < -0.3 is 25.6 Å². The number of halogens is 1. The predicted octanol–water partition coefficient (Wildman–Crippen LogP) is 2.40. The number of nitrogens with zero attached hydrogens (tertiary/aromatic N) is 3. The molecule has 156 valence electrons. The summed E-state index contributed by atoms with van der Waals surface area (Å²) < 4.78 is 15.5. The number of aliphatic hydroxyl groups is 1. The maximum atomic E-state index is 13.4. The second kappa shape index (κ2) is 8.25. The van der Waals surface area contributed by atoms with Gasteiger partial charge in [-0.05, 0) is 43.3 Å². The monoisotopic (exact) mass is 409 g/mol. The second-order valence-electron chi connectivity index (χ2n) is 7.42. The molecule has 1 aliphatic heterocycles. The van der Waals surface area contributed by atoms with Crippen LogP contribution in [-0.4, -0.2) is 44.7 Å². The minimum atomic E-state index is -0.937. The first-order valence-corrected chi connectivity index (χ1v) is 9.80. The lowest BCUT2D eigenvalue weighted by molar-refractivity contribution is -0.135. The molecule has 1 atom stereocenters. The summed E-state index contributed by atoms with van der Waals surface area (Å²) in [6, 6.07) is 13.3. The van der Waals surface area contributed by atoms with Crippen molar-refractivity contribution in [3.8, 4) is 11.3 Å². The molecule has 2 heterocycles. The molecule has 4 rings (SSSR count). The number of rotatable bonds is 5. The molecular formula is C22H24FN5O2. The highest BCUT2D eigenvalue weighted by Gasteiger charge is 2.29. The van der Waals surface area contributed by atoms with Crippen LogP contribution >= 0.6 is 0 Å². The first-order valence-electron chi connectivity index (χ1n) is 9.80. The van der Waals surface area contributed by atoms with E-state index in [1.807, 2.05) is 35.8 Å². The first-order chi connectivity index (χ1) is 14.5. The Kier molecular flexibility index (Phi) is 5.52. The molecule has 3 aromatic rings. The van der Waals surface area contributed by atoms with Crippen molar-refractivity contribution >= 4 is 17.4 Å². The van der Waals surface area contributed by atoms with Crippen molar-refractivity contribution in [2.45, 2.75) is 26.1 Å². The SMILES string of the molecule is Cc1ccc(Nc2c(-c3ccc(F)cc3)nc3n2CCN(C(=O)[C@H](N)CO)C3)cc1. The number of imidazole rings is 1. The van der Waals surface area contributed by atoms with Crippen LogP contribution < -0.4 is 11.1 Å². The molecule has 1 aromatic heterocycles. The molecule has 4 N–H and O–H groups in total. The number of amides is 1. The zero-order valence-electron chi connectivity index (χ0n) is 16.7. The summed E-state index contributed by atoms with van der Waals surface area (Å²) in [4.78, 5) is 18.8. The van der Waals surface area contributed by atoms with Gasteiger partial charge in [-0.15, -0.1) is 0 Å². The quantitative estimate of drug-likeness (QED) is 0.601. The number of aryl methyl sites for hydroxylation is 1. The predicted molar refractivity (Wildman–Crippen MR) is 113 cm³/mol. The fourth-order valence-corrected chi connectivity index (χ4v) is 3.54. The van der Waals surface area contributed by atoms with Gasteiger partial charge in [-0.25, -0.2) is 9.37 Å². The molecule has 1 amide bonds. The average Bonchev–Trinajstić information content (AvgIpc) is 3.12. The van der Waals surface area contributed by atoms with Gasteiger partial charge in [0.05, 0.1) is 13.2 Å². The van der Waals surface area contributed by atoms with Crippen LogP contribution in [0.4, 0.5) is 15.9 Å². The highest BCUT2D eigenvalue weighted by Crippen LogP contribution is 2.33. The minimum Gasteiger partial charge on any atom is -0.394 e. The molecule has 7 nitrogen and oxygen atoms in total. The van der Waals surface area contributed by atoms with Gasteiger partial charge in [0.15, 0.2) is 0 Å². The Morgan fingerprint density at radius 1 is 1.20 bits per heavy atom. The van der Waals surface area contributed by atoms with Gasteiger partial charge in [-0.1, -0.05) is 17.7 Å². The number of carbonyl (C=O) groups is 1. The molecule has 2 aromatic carbocycles. The Hall–Kier alpha value is -3.23. The molecule has 0 fully saturated rings. The van der Waals surface area contributed by atoms with E-state index in [0.29, 0.717) is 24.6 Å². The van der Waals surface area contributed by atoms with Gasteiger partial charge in [0.25, 0.3) is 0 Å². The molecule has 0 saturated carbocycles. The second-order valence-corrected chi connectivity index (χ2v) is 7.42. The molecule has 0 unspecified atom stereocenters. The van der Waals surface area contributed by atoms with Crippen molar-refractivity contribution in [3.63, 3.8) is 0 Å². The van der Waals surface area contributed by atoms with E-state index in [9.17, 15) is 14.3 Å². The van der Waals surface area contributed by atoms with Crippen LogP contribution in [-0.2, 0) is 17.9 Å². The number of hydrogen-bond acceptors (Lipinski definition) is 5. The van der Waals surface area contributed by atoms with Crippen LogP contribution in [0.5, 0.6) is 0 Å². The number of aromatic nitrogens is 2. The molecule has 0 radical (unpaired) electrons. The fraction of sp³-hybridized carbons (Fsp3) is 0.273. The summed E-state index contributed by atoms with van der Waals surface area (Å²) in [5, 5.41) is 12.6. The highest BCUT2D eigenvalue weighted by atomic mass is 19.1. The number of aliphatic hydroxyl groups excluding tert-OH is 1. The van der Waals surface area contributed by atoms with Gasteiger partial charge >= 0.3 is 0 Å². The van der Waals surface area contributed by atoms with Crippen molar-refractivity contribution in [2.75, 3.05) is 18.5 Å². The Morgan fingerprint density at radius 2 is 1.90 bits per heavy atom. The molecule has 0 aliphatic carbocycles. The fourth-order valence-electron chi connectivity index (χ4n) is 3.54. The number of anilines is 2. The van der Waals surface area contributed by atoms with Crippen molar-refractivity contribution < 1.29 is 14.3 Å². The summed E-state index contributed by atoms with van der Waals surface area (Å²) in [7, 11) is 0. The molecule has 0 spiro atoms. The summed E-state index contributed by atoms with van der Waals surface area (Å²) in [5.74, 6) is 0.876. The zero-order valence-corrected chi connectivity index (χ0v) is 16.7. The van der Waals surface area contributed by atoms with E-state index >= 15 is 0 Å². The highest BCUT2D eigenvalue weighted by molar-refractivity contribution is 5.82. The van der Waals surface area contributed by atoms with Gasteiger partial charge in [0.1, 0.15) is 29.2 Å². The molecule has 0 bridgehead atoms. The van der Waals surface area contributed by atoms with Gasteiger partial charge in [-0.3, -0.25) is 4.79 Å². The number of nitrogens with two attached hydrogens (primary N) is 1. The Balaban J connectivity index is 1.72. The maximum Gasteiger partial charge on any atom is 0.242 e. The van der Waals surface area contributed by atoms with Crippen LogP contribution in [0.25, 0.3) is 11.3 Å². The summed E-state index contributed by atoms with van der Waals surface area (Å²) in [6.45, 7) is 2.90. The van der Waals surface area contributed by atoms with Gasteiger partial charge in [0.2, 0.25) is 5.91 Å². The zero-order chi connectivity index (χ0) is 21.3. The van der Waals surface area contributed by atoms with Crippen LogP contribution in [0, 0.1) is 12.7 Å². The van der Waals surface area contributed by atoms with E-state index in [2.05, 4.69) is 5.32 Å². The van der Waals surface area contributed by atoms with Crippen LogP contribution in [0.15, 0.2) is 48.5 Å². The molecule has 8 heteroatoms. The standard InChI is InChI=1S/C22H24FN5O2/c1-14-2-8-17(9-3-14)25-21-20(15-4-6-16(23)7-5-15)26-19-12-27(10-11-28(19)21)22(30)18(24)13-29/h2-9,18,25,29H,10-13,24H2,1H3/t18-/m1/s1. The summed E-state index contributed by atoms with van der Waals surface area (Å²) in [6.07, 6.45) is 0. The first kappa shape index (κ1) is 20.1. The lowest BCUT2D eigenvalue weighted by Gasteiger charge is -2.30. The number of fused-ring (bicyclic) bond motifs is 1. The summed E-state index contributed by atoms with van der Waals surface area (Å²) >= 11 is 0. The van der Waals surface area contributed by atoms with Crippen molar-refractivity contribution in [1.29, 1.82) is 0 Å². The molecule has 1 aliphatic rings. The molecule has 30 heavy (non-hydrogen) atoms. The van der Waals surface area contributed by atoms with Crippen molar-refractivity contribution in [2.24, 2.45) is 5.73 Å². The van der Waals surface area contributed by atoms with E-state index in [-0.39, 0.29) is 18.3 Å². The largest absolute Gasteiger partial charge is 0.394 e. The number of nitrogens with one attached hydrogen (secondary N) is 1. The number of carbonyl (C=O) groups excluding carboxylic acids is 1. The van der Waals surface area contributed by atoms with Crippen molar-refractivity contribution in [3.05, 3.63) is 65.7 Å². The van der Waals surface area contributed by atoms with Crippen LogP contribution in [0.3, 0.4) is 0 Å². The van der Waals surface area contributed by atoms with E-state index < -0.39 is 12.6 Å². The Bertz CT molecular complexity index is 1050. The topological polar surface area (TPSA) is 96.4 Å². The number of hydrogen-bond donors (Lipinski definition) is 3. The Morgan fingerprint density at radius 3 is 2.57 bits per heavy atom. The normalized spacial score (nSPS) is 14.3. The maximum absolute atomic E-state index is 13.4. The third-order valence-electron chi connectivity index (χ3n) is 5.23. The van der Waals surface area contributed by atoms with E-state index in [4.69, 9.17) is 10.7 Å². The molecule has 0 saturated heterocycles. The average molecular weight is 409 g/mol. The summed E-state index contributed by atoms with van der Waals surface area (Å²) in [5.41, 5.74) is 9.23. The third kappa shape index (κ3) is 3.92. The van der Waals surface area contributed by atoms with E-state index in [0.717, 1.165) is 22.6 Å². The van der Waals surface area contributed by atoms with E-state index in [1.165, 1.54) is 12.1 Å². The van der Waals surface area contributed by atoms with E-state index in [1.54, 1.807) is 17.0 Å². The minimum absolute atomic E-state index is 0.288. The smallest absolute Gasteiger partial charge is 0.242 e.